The molecule has 102 valence electrons. The largest absolute Gasteiger partial charge is 0.295 e. The molecule has 0 heterocycles. The summed E-state index contributed by atoms with van der Waals surface area (Å²) >= 11 is 5.78. The molecule has 0 saturated heterocycles. The van der Waals surface area contributed by atoms with Crippen LogP contribution in [-0.2, 0) is 6.54 Å². The molecular formula is C14H20ClF2N. The van der Waals surface area contributed by atoms with Crippen molar-refractivity contribution in [3.63, 3.8) is 0 Å². The van der Waals surface area contributed by atoms with Crippen LogP contribution in [0.3, 0.4) is 0 Å². The summed E-state index contributed by atoms with van der Waals surface area (Å²) in [5.41, 5.74) is 0.395. The lowest BCUT2D eigenvalue weighted by Gasteiger charge is -2.30. The molecule has 0 spiro atoms. The maximum atomic E-state index is 13.6. The molecule has 0 N–H and O–H groups in total. The van der Waals surface area contributed by atoms with Crippen LogP contribution in [0.15, 0.2) is 18.2 Å². The van der Waals surface area contributed by atoms with Gasteiger partial charge in [0.2, 0.25) is 0 Å². The molecule has 0 bridgehead atoms. The molecule has 0 aliphatic carbocycles. The monoisotopic (exact) mass is 275 g/mol. The molecule has 1 aromatic carbocycles. The van der Waals surface area contributed by atoms with Crippen LogP contribution in [0.4, 0.5) is 8.78 Å². The highest BCUT2D eigenvalue weighted by Crippen LogP contribution is 2.17. The van der Waals surface area contributed by atoms with Gasteiger partial charge in [0.25, 0.3) is 0 Å². The predicted octanol–water partition coefficient (Wildman–Crippen LogP) is 4.19. The molecular weight excluding hydrogens is 256 g/mol. The van der Waals surface area contributed by atoms with E-state index in [1.165, 1.54) is 0 Å². The summed E-state index contributed by atoms with van der Waals surface area (Å²) in [4.78, 5) is 2.12. The molecule has 0 saturated carbocycles. The summed E-state index contributed by atoms with van der Waals surface area (Å²) in [6.45, 7) is 5.28. The zero-order chi connectivity index (χ0) is 13.5. The Hall–Kier alpha value is -0.670. The van der Waals surface area contributed by atoms with Crippen molar-refractivity contribution in [1.82, 2.24) is 4.90 Å². The summed E-state index contributed by atoms with van der Waals surface area (Å²) in [6.07, 6.45) is 1.95. The third-order valence-electron chi connectivity index (χ3n) is 3.24. The number of rotatable bonds is 7. The summed E-state index contributed by atoms with van der Waals surface area (Å²) in [5, 5.41) is 0. The first kappa shape index (κ1) is 15.4. The van der Waals surface area contributed by atoms with E-state index >= 15 is 0 Å². The first-order valence-electron chi connectivity index (χ1n) is 6.36. The first-order valence-corrected chi connectivity index (χ1v) is 6.90. The van der Waals surface area contributed by atoms with Crippen LogP contribution in [0.5, 0.6) is 0 Å². The highest BCUT2D eigenvalue weighted by molar-refractivity contribution is 6.18. The average Bonchev–Trinajstić information content (AvgIpc) is 2.36. The number of nitrogens with zero attached hydrogens (tertiary/aromatic N) is 1. The number of hydrogen-bond acceptors (Lipinski definition) is 1. The van der Waals surface area contributed by atoms with E-state index in [0.29, 0.717) is 30.6 Å². The number of hydrogen-bond donors (Lipinski definition) is 0. The Balaban J connectivity index is 2.85. The van der Waals surface area contributed by atoms with Crippen molar-refractivity contribution in [2.45, 2.75) is 39.3 Å². The van der Waals surface area contributed by atoms with Gasteiger partial charge in [-0.05, 0) is 18.9 Å². The minimum absolute atomic E-state index is 0.353. The topological polar surface area (TPSA) is 3.24 Å². The van der Waals surface area contributed by atoms with Gasteiger partial charge in [-0.2, -0.15) is 0 Å². The zero-order valence-corrected chi connectivity index (χ0v) is 11.7. The second-order valence-electron chi connectivity index (χ2n) is 4.34. The normalized spacial score (nSPS) is 11.5. The molecule has 1 aromatic rings. The van der Waals surface area contributed by atoms with Crippen LogP contribution in [0, 0.1) is 11.6 Å². The molecule has 18 heavy (non-hydrogen) atoms. The Morgan fingerprint density at radius 1 is 1.22 bits per heavy atom. The third-order valence-corrected chi connectivity index (χ3v) is 3.40. The SMILES string of the molecule is CCC(CC)N(CCCl)Cc1cccc(F)c1F. The van der Waals surface area contributed by atoms with Crippen molar-refractivity contribution < 1.29 is 8.78 Å². The predicted molar refractivity (Wildman–Crippen MR) is 71.9 cm³/mol. The van der Waals surface area contributed by atoms with Crippen LogP contribution in [-0.4, -0.2) is 23.4 Å². The van der Waals surface area contributed by atoms with Crippen molar-refractivity contribution in [3.05, 3.63) is 35.4 Å². The lowest BCUT2D eigenvalue weighted by molar-refractivity contribution is 0.185. The Morgan fingerprint density at radius 3 is 2.44 bits per heavy atom. The van der Waals surface area contributed by atoms with Crippen LogP contribution in [0.1, 0.15) is 32.3 Å². The van der Waals surface area contributed by atoms with E-state index in [0.717, 1.165) is 18.9 Å². The van der Waals surface area contributed by atoms with Crippen LogP contribution in [0.2, 0.25) is 0 Å². The number of alkyl halides is 1. The number of halogens is 3. The summed E-state index contributed by atoms with van der Waals surface area (Å²) in [6, 6.07) is 4.66. The maximum Gasteiger partial charge on any atom is 0.163 e. The van der Waals surface area contributed by atoms with E-state index in [9.17, 15) is 8.78 Å². The van der Waals surface area contributed by atoms with Crippen LogP contribution >= 0.6 is 11.6 Å². The van der Waals surface area contributed by atoms with Crippen molar-refractivity contribution in [1.29, 1.82) is 0 Å². The highest BCUT2D eigenvalue weighted by Gasteiger charge is 2.17. The molecule has 0 radical (unpaired) electrons. The quantitative estimate of drug-likeness (QED) is 0.674. The smallest absolute Gasteiger partial charge is 0.163 e. The van der Waals surface area contributed by atoms with E-state index in [4.69, 9.17) is 11.6 Å². The van der Waals surface area contributed by atoms with Crippen LogP contribution < -0.4 is 0 Å². The first-order chi connectivity index (χ1) is 8.63. The molecule has 0 fully saturated rings. The van der Waals surface area contributed by atoms with Gasteiger partial charge in [-0.3, -0.25) is 4.90 Å². The fourth-order valence-electron chi connectivity index (χ4n) is 2.19. The maximum absolute atomic E-state index is 13.6. The molecule has 0 amide bonds. The standard InChI is InChI=1S/C14H20ClF2N/c1-3-12(4-2)18(9-8-15)10-11-6-5-7-13(16)14(11)17/h5-7,12H,3-4,8-10H2,1-2H3. The van der Waals surface area contributed by atoms with E-state index in [-0.39, 0.29) is 0 Å². The summed E-state index contributed by atoms with van der Waals surface area (Å²) in [5.74, 6) is -1.04. The molecule has 0 atom stereocenters. The fourth-order valence-corrected chi connectivity index (χ4v) is 2.41. The molecule has 0 unspecified atom stereocenters. The third kappa shape index (κ3) is 3.92. The Bertz CT molecular complexity index is 367. The Morgan fingerprint density at radius 2 is 1.89 bits per heavy atom. The zero-order valence-electron chi connectivity index (χ0n) is 10.9. The van der Waals surface area contributed by atoms with Gasteiger partial charge < -0.3 is 0 Å². The lowest BCUT2D eigenvalue weighted by atomic mass is 10.1. The molecule has 0 aromatic heterocycles. The van der Waals surface area contributed by atoms with Gasteiger partial charge in [0.05, 0.1) is 0 Å². The molecule has 0 aliphatic heterocycles. The van der Waals surface area contributed by atoms with Gasteiger partial charge in [0.1, 0.15) is 0 Å². The van der Waals surface area contributed by atoms with E-state index in [1.54, 1.807) is 12.1 Å². The van der Waals surface area contributed by atoms with Gasteiger partial charge >= 0.3 is 0 Å². The molecule has 1 nitrogen and oxygen atoms in total. The lowest BCUT2D eigenvalue weighted by Crippen LogP contribution is -2.35. The average molecular weight is 276 g/mol. The van der Waals surface area contributed by atoms with E-state index in [1.807, 2.05) is 0 Å². The Labute approximate surface area is 113 Å². The van der Waals surface area contributed by atoms with Crippen molar-refractivity contribution in [3.8, 4) is 0 Å². The summed E-state index contributed by atoms with van der Waals surface area (Å²) < 4.78 is 26.8. The van der Waals surface area contributed by atoms with Crippen molar-refractivity contribution >= 4 is 11.6 Å². The highest BCUT2D eigenvalue weighted by atomic mass is 35.5. The molecule has 0 aliphatic rings. The van der Waals surface area contributed by atoms with Gasteiger partial charge in [-0.25, -0.2) is 8.78 Å². The number of benzene rings is 1. The minimum Gasteiger partial charge on any atom is -0.295 e. The van der Waals surface area contributed by atoms with Crippen molar-refractivity contribution in [2.24, 2.45) is 0 Å². The van der Waals surface area contributed by atoms with E-state index < -0.39 is 11.6 Å². The van der Waals surface area contributed by atoms with Gasteiger partial charge in [0, 0.05) is 30.6 Å². The fraction of sp³-hybridized carbons (Fsp3) is 0.571. The second-order valence-corrected chi connectivity index (χ2v) is 4.72. The minimum atomic E-state index is -0.789. The van der Waals surface area contributed by atoms with Crippen LogP contribution in [0.25, 0.3) is 0 Å². The van der Waals surface area contributed by atoms with Crippen molar-refractivity contribution in [2.75, 3.05) is 12.4 Å². The Kier molecular flexibility index (Phi) is 6.58. The van der Waals surface area contributed by atoms with Gasteiger partial charge in [0.15, 0.2) is 11.6 Å². The van der Waals surface area contributed by atoms with Gasteiger partial charge in [-0.1, -0.05) is 26.0 Å². The molecule has 4 heteroatoms. The summed E-state index contributed by atoms with van der Waals surface area (Å²) in [7, 11) is 0. The van der Waals surface area contributed by atoms with E-state index in [2.05, 4.69) is 18.7 Å². The second kappa shape index (κ2) is 7.70. The van der Waals surface area contributed by atoms with Gasteiger partial charge in [-0.15, -0.1) is 11.6 Å². The molecule has 1 rings (SSSR count).